The molecule has 0 saturated carbocycles. The lowest BCUT2D eigenvalue weighted by molar-refractivity contribution is -0.137. The molecule has 0 saturated heterocycles. The highest BCUT2D eigenvalue weighted by molar-refractivity contribution is 7.94. The van der Waals surface area contributed by atoms with Crippen LogP contribution in [0.3, 0.4) is 0 Å². The largest absolute Gasteiger partial charge is 0.463 e. The van der Waals surface area contributed by atoms with Crippen molar-refractivity contribution in [1.82, 2.24) is 0 Å². The van der Waals surface area contributed by atoms with Gasteiger partial charge in [0.1, 0.15) is 0 Å². The van der Waals surface area contributed by atoms with Gasteiger partial charge < -0.3 is 4.74 Å². The average Bonchev–Trinajstić information content (AvgIpc) is 2.37. The summed E-state index contributed by atoms with van der Waals surface area (Å²) >= 11 is 0. The zero-order chi connectivity index (χ0) is 13.6. The molecule has 1 aromatic carbocycles. The molecule has 94 valence electrons. The molecular formula is C12H11NO4S. The number of rotatable bonds is 4. The minimum Gasteiger partial charge on any atom is -0.463 e. The molecule has 5 nitrogen and oxygen atoms in total. The number of carbonyl (C=O) groups excluding carboxylic acids is 1. The second-order valence-corrected chi connectivity index (χ2v) is 5.07. The third-order valence-corrected chi connectivity index (χ3v) is 3.41. The van der Waals surface area contributed by atoms with Gasteiger partial charge in [-0.15, -0.1) is 0 Å². The van der Waals surface area contributed by atoms with Crippen LogP contribution in [0.5, 0.6) is 0 Å². The molecule has 0 unspecified atom stereocenters. The summed E-state index contributed by atoms with van der Waals surface area (Å²) in [6, 6.07) is 7.29. The maximum atomic E-state index is 11.8. The van der Waals surface area contributed by atoms with Gasteiger partial charge in [0.15, 0.2) is 9.84 Å². The maximum Gasteiger partial charge on any atom is 0.331 e. The molecule has 1 aromatic rings. The summed E-state index contributed by atoms with van der Waals surface area (Å²) in [5.41, 5.74) is 0.364. The van der Waals surface area contributed by atoms with Gasteiger partial charge >= 0.3 is 5.97 Å². The van der Waals surface area contributed by atoms with E-state index < -0.39 is 15.8 Å². The van der Waals surface area contributed by atoms with Gasteiger partial charge in [-0.2, -0.15) is 5.26 Å². The van der Waals surface area contributed by atoms with Crippen molar-refractivity contribution < 1.29 is 17.9 Å². The first-order valence-corrected chi connectivity index (χ1v) is 6.64. The van der Waals surface area contributed by atoms with Crippen LogP contribution in [0.1, 0.15) is 12.5 Å². The molecule has 0 heterocycles. The van der Waals surface area contributed by atoms with Crippen LogP contribution in [-0.2, 0) is 19.4 Å². The Kier molecular flexibility index (Phi) is 4.63. The smallest absolute Gasteiger partial charge is 0.331 e. The van der Waals surface area contributed by atoms with Gasteiger partial charge in [0.2, 0.25) is 0 Å². The lowest BCUT2D eigenvalue weighted by atomic mass is 10.2. The predicted molar refractivity (Wildman–Crippen MR) is 64.1 cm³/mol. The van der Waals surface area contributed by atoms with Crippen LogP contribution in [0.4, 0.5) is 0 Å². The van der Waals surface area contributed by atoms with E-state index in [4.69, 9.17) is 5.26 Å². The van der Waals surface area contributed by atoms with Crippen LogP contribution >= 0.6 is 0 Å². The number of nitrogens with zero attached hydrogens (tertiary/aromatic N) is 1. The van der Waals surface area contributed by atoms with Crippen molar-refractivity contribution in [3.05, 3.63) is 41.3 Å². The van der Waals surface area contributed by atoms with Crippen LogP contribution in [0.25, 0.3) is 0 Å². The highest BCUT2D eigenvalue weighted by Gasteiger charge is 2.10. The second-order valence-electron chi connectivity index (χ2n) is 3.24. The third kappa shape index (κ3) is 3.71. The summed E-state index contributed by atoms with van der Waals surface area (Å²) in [4.78, 5) is 11.0. The van der Waals surface area contributed by atoms with Crippen LogP contribution in [0.2, 0.25) is 0 Å². The van der Waals surface area contributed by atoms with Gasteiger partial charge in [0, 0.05) is 11.5 Å². The monoisotopic (exact) mass is 265 g/mol. The number of esters is 1. The lowest BCUT2D eigenvalue weighted by Gasteiger charge is -1.99. The summed E-state index contributed by atoms with van der Waals surface area (Å²) < 4.78 is 28.1. The van der Waals surface area contributed by atoms with Gasteiger partial charge in [0.25, 0.3) is 0 Å². The molecule has 6 heteroatoms. The van der Waals surface area contributed by atoms with E-state index in [1.165, 1.54) is 24.3 Å². The van der Waals surface area contributed by atoms with Crippen LogP contribution in [0.15, 0.2) is 40.6 Å². The van der Waals surface area contributed by atoms with E-state index in [0.29, 0.717) is 5.56 Å². The van der Waals surface area contributed by atoms with Gasteiger partial charge in [-0.25, -0.2) is 13.2 Å². The fourth-order valence-electron chi connectivity index (χ4n) is 1.13. The minimum atomic E-state index is -3.69. The van der Waals surface area contributed by atoms with Crippen molar-refractivity contribution in [2.45, 2.75) is 11.8 Å². The molecule has 0 bridgehead atoms. The van der Waals surface area contributed by atoms with Gasteiger partial charge in [-0.3, -0.25) is 0 Å². The number of benzene rings is 1. The Morgan fingerprint density at radius 3 is 2.50 bits per heavy atom. The summed E-state index contributed by atoms with van der Waals surface area (Å²) in [5, 5.41) is 9.38. The Hall–Kier alpha value is -2.13. The Labute approximate surface area is 105 Å². The molecule has 0 spiro atoms. The normalized spacial score (nSPS) is 11.1. The summed E-state index contributed by atoms with van der Waals surface area (Å²) in [7, 11) is -3.69. The van der Waals surface area contributed by atoms with Gasteiger partial charge in [0.05, 0.1) is 23.1 Å². The number of ether oxygens (including phenoxy) is 1. The van der Waals surface area contributed by atoms with Crippen molar-refractivity contribution in [3.63, 3.8) is 0 Å². The highest BCUT2D eigenvalue weighted by Crippen LogP contribution is 2.13. The molecule has 18 heavy (non-hydrogen) atoms. The molecule has 0 fully saturated rings. The number of carbonyl (C=O) groups is 1. The van der Waals surface area contributed by atoms with Crippen molar-refractivity contribution in [2.24, 2.45) is 0 Å². The van der Waals surface area contributed by atoms with E-state index in [9.17, 15) is 13.2 Å². The van der Waals surface area contributed by atoms with Gasteiger partial charge in [-0.1, -0.05) is 0 Å². The molecule has 0 aliphatic rings. The first-order chi connectivity index (χ1) is 8.49. The predicted octanol–water partition coefficient (Wildman–Crippen LogP) is 1.41. The summed E-state index contributed by atoms with van der Waals surface area (Å²) in [6.07, 6.45) is 0.858. The maximum absolute atomic E-state index is 11.8. The van der Waals surface area contributed by atoms with E-state index in [-0.39, 0.29) is 11.5 Å². The molecule has 0 amide bonds. The fraction of sp³-hybridized carbons (Fsp3) is 0.167. The molecule has 0 atom stereocenters. The molecule has 0 radical (unpaired) electrons. The zero-order valence-corrected chi connectivity index (χ0v) is 10.5. The topological polar surface area (TPSA) is 84.2 Å². The quantitative estimate of drug-likeness (QED) is 0.607. The Balaban J connectivity index is 2.93. The van der Waals surface area contributed by atoms with Crippen molar-refractivity contribution in [1.29, 1.82) is 5.26 Å². The van der Waals surface area contributed by atoms with Crippen LogP contribution < -0.4 is 0 Å². The second kappa shape index (κ2) is 5.98. The average molecular weight is 265 g/mol. The standard InChI is InChI=1S/C12H11NO4S/c1-2-17-12(14)7-8-18(15,16)11-5-3-10(9-13)4-6-11/h3-8H,2H2,1H3/b8-7-. The van der Waals surface area contributed by atoms with E-state index in [0.717, 1.165) is 11.5 Å². The fourth-order valence-corrected chi connectivity index (χ4v) is 2.10. The van der Waals surface area contributed by atoms with Crippen molar-refractivity contribution >= 4 is 15.8 Å². The molecule has 0 aliphatic carbocycles. The molecule has 0 N–H and O–H groups in total. The number of hydrogen-bond acceptors (Lipinski definition) is 5. The van der Waals surface area contributed by atoms with Crippen LogP contribution in [0, 0.1) is 11.3 Å². The van der Waals surface area contributed by atoms with E-state index >= 15 is 0 Å². The van der Waals surface area contributed by atoms with E-state index in [1.54, 1.807) is 6.92 Å². The number of nitriles is 1. The van der Waals surface area contributed by atoms with Crippen LogP contribution in [-0.4, -0.2) is 21.0 Å². The van der Waals surface area contributed by atoms with E-state index in [1.807, 2.05) is 6.07 Å². The Morgan fingerprint density at radius 2 is 2.00 bits per heavy atom. The summed E-state index contributed by atoms with van der Waals surface area (Å²) in [5.74, 6) is -0.713. The summed E-state index contributed by atoms with van der Waals surface area (Å²) in [6.45, 7) is 1.81. The Morgan fingerprint density at radius 1 is 1.39 bits per heavy atom. The molecule has 1 rings (SSSR count). The van der Waals surface area contributed by atoms with Gasteiger partial charge in [-0.05, 0) is 31.2 Å². The highest BCUT2D eigenvalue weighted by atomic mass is 32.2. The zero-order valence-electron chi connectivity index (χ0n) is 9.66. The van der Waals surface area contributed by atoms with E-state index in [2.05, 4.69) is 4.74 Å². The molecule has 0 aliphatic heterocycles. The SMILES string of the molecule is CCOC(=O)/C=C\S(=O)(=O)c1ccc(C#N)cc1. The molecular weight excluding hydrogens is 254 g/mol. The first kappa shape index (κ1) is 13.9. The number of hydrogen-bond donors (Lipinski definition) is 0. The minimum absolute atomic E-state index is 0.0158. The van der Waals surface area contributed by atoms with Crippen molar-refractivity contribution in [3.8, 4) is 6.07 Å². The molecule has 0 aromatic heterocycles. The first-order valence-electron chi connectivity index (χ1n) is 5.09. The Bertz CT molecular complexity index is 594. The van der Waals surface area contributed by atoms with Crippen molar-refractivity contribution in [2.75, 3.05) is 6.61 Å². The third-order valence-electron chi connectivity index (χ3n) is 1.98. The lowest BCUT2D eigenvalue weighted by Crippen LogP contribution is -2.02. The number of sulfone groups is 1.